The Labute approximate surface area is 110 Å². The molecule has 19 heavy (non-hydrogen) atoms. The van der Waals surface area contributed by atoms with Crippen LogP contribution in [0.15, 0.2) is 36.4 Å². The van der Waals surface area contributed by atoms with E-state index in [1.54, 1.807) is 12.1 Å². The second-order valence-corrected chi connectivity index (χ2v) is 3.84. The van der Waals surface area contributed by atoms with Crippen molar-refractivity contribution in [3.63, 3.8) is 0 Å². The molecule has 0 aliphatic carbocycles. The number of aromatic hydroxyl groups is 1. The Balaban J connectivity index is 0.000000224. The fourth-order valence-corrected chi connectivity index (χ4v) is 1.48. The molecule has 5 nitrogen and oxygen atoms in total. The molecule has 0 saturated heterocycles. The van der Waals surface area contributed by atoms with Gasteiger partial charge in [0.15, 0.2) is 0 Å². The average molecular weight is 261 g/mol. The lowest BCUT2D eigenvalue weighted by molar-refractivity contribution is -0.156. The molecule has 0 heterocycles. The van der Waals surface area contributed by atoms with Gasteiger partial charge in [0.2, 0.25) is 0 Å². The normalized spacial score (nSPS) is 9.37. The average Bonchev–Trinajstić information content (AvgIpc) is 2.29. The lowest BCUT2D eigenvalue weighted by Crippen LogP contribution is -2.03. The van der Waals surface area contributed by atoms with Gasteiger partial charge in [-0.25, -0.2) is 0 Å². The fraction of sp³-hybridized carbons (Fsp3) is 0.143. The summed E-state index contributed by atoms with van der Waals surface area (Å²) in [6, 6.07) is 10.9. The molecule has 0 aliphatic heterocycles. The van der Waals surface area contributed by atoms with Crippen molar-refractivity contribution < 1.29 is 19.4 Å². The van der Waals surface area contributed by atoms with E-state index in [0.29, 0.717) is 5.69 Å². The van der Waals surface area contributed by atoms with Crippen molar-refractivity contribution in [2.24, 2.45) is 0 Å². The molecule has 100 valence electrons. The van der Waals surface area contributed by atoms with Crippen LogP contribution in [0.3, 0.4) is 0 Å². The molecule has 3 N–H and O–H groups in total. The van der Waals surface area contributed by atoms with E-state index in [9.17, 15) is 14.7 Å². The van der Waals surface area contributed by atoms with Crippen molar-refractivity contribution in [1.29, 1.82) is 0 Å². The number of esters is 2. The monoisotopic (exact) mass is 261 g/mol. The third-order valence-electron chi connectivity index (χ3n) is 2.17. The smallest absolute Gasteiger partial charge is 0.310 e. The van der Waals surface area contributed by atoms with Gasteiger partial charge in [0, 0.05) is 24.9 Å². The molecule has 0 bridgehead atoms. The second kappa shape index (κ2) is 6.39. The second-order valence-electron chi connectivity index (χ2n) is 3.84. The van der Waals surface area contributed by atoms with Crippen molar-refractivity contribution in [3.05, 3.63) is 36.4 Å². The van der Waals surface area contributed by atoms with Crippen LogP contribution in [0.5, 0.6) is 5.75 Å². The zero-order chi connectivity index (χ0) is 14.4. The maximum Gasteiger partial charge on any atom is 0.310 e. The highest BCUT2D eigenvalue weighted by Crippen LogP contribution is 2.25. The van der Waals surface area contributed by atoms with Crippen molar-refractivity contribution in [1.82, 2.24) is 0 Å². The first kappa shape index (κ1) is 14.5. The summed E-state index contributed by atoms with van der Waals surface area (Å²) < 4.78 is 3.97. The summed E-state index contributed by atoms with van der Waals surface area (Å²) in [5, 5.41) is 11.2. The van der Waals surface area contributed by atoms with Crippen LogP contribution in [-0.4, -0.2) is 17.0 Å². The number of hydrogen-bond acceptors (Lipinski definition) is 5. The van der Waals surface area contributed by atoms with Gasteiger partial charge in [0.1, 0.15) is 5.75 Å². The van der Waals surface area contributed by atoms with Crippen LogP contribution in [-0.2, 0) is 14.3 Å². The number of hydrogen-bond donors (Lipinski definition) is 2. The van der Waals surface area contributed by atoms with Crippen LogP contribution in [0.2, 0.25) is 0 Å². The summed E-state index contributed by atoms with van der Waals surface area (Å²) in [6.07, 6.45) is 0. The Kier molecular flexibility index (Phi) is 4.88. The van der Waals surface area contributed by atoms with Gasteiger partial charge in [-0.3, -0.25) is 9.59 Å². The van der Waals surface area contributed by atoms with Crippen molar-refractivity contribution in [2.45, 2.75) is 13.8 Å². The van der Waals surface area contributed by atoms with Gasteiger partial charge in [-0.05, 0) is 23.6 Å². The molecule has 5 heteroatoms. The predicted molar refractivity (Wildman–Crippen MR) is 72.5 cm³/mol. The molecule has 0 atom stereocenters. The lowest BCUT2D eigenvalue weighted by atomic mass is 10.1. The molecule has 2 aromatic rings. The van der Waals surface area contributed by atoms with Crippen LogP contribution >= 0.6 is 0 Å². The minimum Gasteiger partial charge on any atom is -0.507 e. The van der Waals surface area contributed by atoms with E-state index in [0.717, 1.165) is 10.8 Å². The number of benzene rings is 2. The van der Waals surface area contributed by atoms with E-state index in [1.807, 2.05) is 24.3 Å². The standard InChI is InChI=1S/C10H9NO.C4H6O3/c11-8-5-4-7-2-1-3-10(12)9(7)6-8;1-3(5)7-4(2)6/h1-6,12H,11H2;1-2H3. The van der Waals surface area contributed by atoms with Crippen LogP contribution in [0.4, 0.5) is 5.69 Å². The number of anilines is 1. The third-order valence-corrected chi connectivity index (χ3v) is 2.17. The Bertz CT molecular complexity index is 595. The van der Waals surface area contributed by atoms with Gasteiger partial charge in [0.05, 0.1) is 0 Å². The molecule has 0 amide bonds. The quantitative estimate of drug-likeness (QED) is 0.431. The fourth-order valence-electron chi connectivity index (χ4n) is 1.48. The maximum atomic E-state index is 9.81. The van der Waals surface area contributed by atoms with E-state index >= 15 is 0 Å². The molecular formula is C14H15NO4. The summed E-state index contributed by atoms with van der Waals surface area (Å²) in [7, 11) is 0. The number of ether oxygens (including phenoxy) is 1. The zero-order valence-electron chi connectivity index (χ0n) is 10.7. The SMILES string of the molecule is CC(=O)OC(C)=O.Nc1ccc2cccc(O)c2c1. The minimum atomic E-state index is -0.562. The number of rotatable bonds is 0. The van der Waals surface area contributed by atoms with Crippen LogP contribution in [0, 0.1) is 0 Å². The van der Waals surface area contributed by atoms with Crippen molar-refractivity contribution in [2.75, 3.05) is 5.73 Å². The first-order valence-electron chi connectivity index (χ1n) is 5.56. The molecule has 0 aliphatic rings. The summed E-state index contributed by atoms with van der Waals surface area (Å²) in [6.45, 7) is 2.36. The Morgan fingerprint density at radius 2 is 1.74 bits per heavy atom. The summed E-state index contributed by atoms with van der Waals surface area (Å²) in [5.74, 6) is -0.847. The topological polar surface area (TPSA) is 89.6 Å². The molecule has 0 saturated carbocycles. The van der Waals surface area contributed by atoms with E-state index in [4.69, 9.17) is 5.73 Å². The van der Waals surface area contributed by atoms with Gasteiger partial charge in [-0.2, -0.15) is 0 Å². The molecule has 0 radical (unpaired) electrons. The van der Waals surface area contributed by atoms with Gasteiger partial charge in [-0.15, -0.1) is 0 Å². The minimum absolute atomic E-state index is 0.278. The van der Waals surface area contributed by atoms with Crippen LogP contribution in [0.25, 0.3) is 10.8 Å². The van der Waals surface area contributed by atoms with E-state index in [1.165, 1.54) is 13.8 Å². The van der Waals surface area contributed by atoms with Gasteiger partial charge < -0.3 is 15.6 Å². The van der Waals surface area contributed by atoms with Gasteiger partial charge in [-0.1, -0.05) is 18.2 Å². The number of nitrogen functional groups attached to an aromatic ring is 1. The first-order valence-corrected chi connectivity index (χ1v) is 5.56. The molecule has 2 aromatic carbocycles. The van der Waals surface area contributed by atoms with Gasteiger partial charge >= 0.3 is 11.9 Å². The number of phenols is 1. The van der Waals surface area contributed by atoms with Gasteiger partial charge in [0.25, 0.3) is 0 Å². The molecule has 0 spiro atoms. The van der Waals surface area contributed by atoms with E-state index < -0.39 is 11.9 Å². The van der Waals surface area contributed by atoms with Crippen LogP contribution in [0.1, 0.15) is 13.8 Å². The van der Waals surface area contributed by atoms with Crippen molar-refractivity contribution >= 4 is 28.4 Å². The molecule has 0 fully saturated rings. The summed E-state index contributed by atoms with van der Waals surface area (Å²) in [5.41, 5.74) is 6.25. The maximum absolute atomic E-state index is 9.81. The molecule has 2 rings (SSSR count). The highest BCUT2D eigenvalue weighted by Gasteiger charge is 1.97. The molecule has 0 aromatic heterocycles. The Morgan fingerprint density at radius 1 is 1.11 bits per heavy atom. The number of phenolic OH excluding ortho intramolecular Hbond substituents is 1. The highest BCUT2D eigenvalue weighted by molar-refractivity contribution is 5.90. The van der Waals surface area contributed by atoms with E-state index in [2.05, 4.69) is 4.74 Å². The predicted octanol–water partition coefficient (Wildman–Crippen LogP) is 2.22. The number of fused-ring (bicyclic) bond motifs is 1. The zero-order valence-corrected chi connectivity index (χ0v) is 10.7. The number of carbonyl (C=O) groups excluding carboxylic acids is 2. The first-order chi connectivity index (χ1) is 8.90. The largest absolute Gasteiger partial charge is 0.507 e. The molecule has 0 unspecified atom stereocenters. The Morgan fingerprint density at radius 3 is 2.26 bits per heavy atom. The Hall–Kier alpha value is -2.56. The van der Waals surface area contributed by atoms with Crippen molar-refractivity contribution in [3.8, 4) is 5.75 Å². The number of carbonyl (C=O) groups is 2. The van der Waals surface area contributed by atoms with E-state index in [-0.39, 0.29) is 5.75 Å². The third kappa shape index (κ3) is 4.67. The summed E-state index contributed by atoms with van der Waals surface area (Å²) >= 11 is 0. The lowest BCUT2D eigenvalue weighted by Gasteiger charge is -2.00. The number of nitrogens with two attached hydrogens (primary N) is 1. The summed E-state index contributed by atoms with van der Waals surface area (Å²) in [4.78, 5) is 19.6. The van der Waals surface area contributed by atoms with Crippen LogP contribution < -0.4 is 5.73 Å². The molecular weight excluding hydrogens is 246 g/mol. The highest BCUT2D eigenvalue weighted by atomic mass is 16.6.